The lowest BCUT2D eigenvalue weighted by Gasteiger charge is -2.23. The van der Waals surface area contributed by atoms with E-state index >= 15 is 0 Å². The Balaban J connectivity index is 3.49. The van der Waals surface area contributed by atoms with Gasteiger partial charge >= 0.3 is 0 Å². The van der Waals surface area contributed by atoms with Gasteiger partial charge in [0.05, 0.1) is 0 Å². The van der Waals surface area contributed by atoms with Crippen molar-refractivity contribution < 1.29 is 0 Å². The second kappa shape index (κ2) is 8.93. The molecule has 2 nitrogen and oxygen atoms in total. The van der Waals surface area contributed by atoms with Gasteiger partial charge in [0.1, 0.15) is 0 Å². The molecule has 0 aromatic carbocycles. The van der Waals surface area contributed by atoms with Crippen LogP contribution in [-0.2, 0) is 0 Å². The first-order valence-electron chi connectivity index (χ1n) is 7.34. The Labute approximate surface area is 109 Å². The van der Waals surface area contributed by atoms with Crippen molar-refractivity contribution in [3.63, 3.8) is 0 Å². The number of nitrogens with two attached hydrogens (primary N) is 1. The van der Waals surface area contributed by atoms with Crippen molar-refractivity contribution >= 4 is 0 Å². The highest BCUT2D eigenvalue weighted by atomic mass is 14.9. The third-order valence-electron chi connectivity index (χ3n) is 3.12. The zero-order valence-electron chi connectivity index (χ0n) is 12.7. The van der Waals surface area contributed by atoms with Crippen LogP contribution in [0.1, 0.15) is 73.1 Å². The van der Waals surface area contributed by atoms with Crippen LogP contribution in [0.2, 0.25) is 0 Å². The average molecular weight is 242 g/mol. The number of rotatable bonds is 9. The first-order chi connectivity index (χ1) is 7.85. The van der Waals surface area contributed by atoms with E-state index in [1.165, 1.54) is 25.7 Å². The van der Waals surface area contributed by atoms with E-state index in [-0.39, 0.29) is 0 Å². The maximum atomic E-state index is 6.13. The minimum absolute atomic E-state index is 0.338. The summed E-state index contributed by atoms with van der Waals surface area (Å²) < 4.78 is 0. The maximum Gasteiger partial charge on any atom is 0.00558 e. The van der Waals surface area contributed by atoms with Crippen molar-refractivity contribution in [2.75, 3.05) is 6.54 Å². The molecule has 0 amide bonds. The van der Waals surface area contributed by atoms with E-state index in [1.807, 2.05) is 0 Å². The number of unbranched alkanes of at least 4 members (excludes halogenated alkanes) is 2. The number of hydrogen-bond donors (Lipinski definition) is 2. The van der Waals surface area contributed by atoms with E-state index in [2.05, 4.69) is 39.9 Å². The van der Waals surface area contributed by atoms with Crippen LogP contribution in [0.15, 0.2) is 0 Å². The van der Waals surface area contributed by atoms with Gasteiger partial charge < -0.3 is 11.1 Å². The number of nitrogens with one attached hydrogen (secondary N) is 1. The first-order valence-corrected chi connectivity index (χ1v) is 7.34. The Bertz CT molecular complexity index is 172. The fourth-order valence-electron chi connectivity index (χ4n) is 2.21. The van der Waals surface area contributed by atoms with Crippen LogP contribution in [0.5, 0.6) is 0 Å². The van der Waals surface area contributed by atoms with Crippen LogP contribution in [-0.4, -0.2) is 18.6 Å². The lowest BCUT2D eigenvalue weighted by molar-refractivity contribution is 0.326. The Morgan fingerprint density at radius 3 is 2.29 bits per heavy atom. The van der Waals surface area contributed by atoms with Crippen molar-refractivity contribution in [2.45, 2.75) is 85.2 Å². The summed E-state index contributed by atoms with van der Waals surface area (Å²) in [4.78, 5) is 0. The van der Waals surface area contributed by atoms with Crippen molar-refractivity contribution in [3.8, 4) is 0 Å². The van der Waals surface area contributed by atoms with Crippen molar-refractivity contribution in [1.29, 1.82) is 0 Å². The van der Waals surface area contributed by atoms with Crippen LogP contribution in [0, 0.1) is 5.41 Å². The molecule has 0 bridgehead atoms. The summed E-state index contributed by atoms with van der Waals surface area (Å²) in [6, 6.07) is 0.980. The maximum absolute atomic E-state index is 6.13. The average Bonchev–Trinajstić information content (AvgIpc) is 2.15. The van der Waals surface area contributed by atoms with Crippen LogP contribution in [0.3, 0.4) is 0 Å². The molecule has 17 heavy (non-hydrogen) atoms. The molecular formula is C15H34N2. The molecule has 0 aliphatic heterocycles. The lowest BCUT2D eigenvalue weighted by atomic mass is 9.87. The summed E-state index contributed by atoms with van der Waals surface area (Å²) in [5.74, 6) is 0. The zero-order chi connectivity index (χ0) is 13.3. The molecule has 104 valence electrons. The summed E-state index contributed by atoms with van der Waals surface area (Å²) in [6.07, 6.45) is 7.51. The van der Waals surface area contributed by atoms with Crippen LogP contribution >= 0.6 is 0 Å². The highest BCUT2D eigenvalue weighted by Crippen LogP contribution is 2.20. The molecule has 0 saturated carbocycles. The quantitative estimate of drug-likeness (QED) is 0.605. The Hall–Kier alpha value is -0.0800. The second-order valence-corrected chi connectivity index (χ2v) is 6.66. The van der Waals surface area contributed by atoms with Gasteiger partial charge in [0.15, 0.2) is 0 Å². The van der Waals surface area contributed by atoms with Gasteiger partial charge in [0.25, 0.3) is 0 Å². The van der Waals surface area contributed by atoms with Crippen LogP contribution < -0.4 is 11.1 Å². The predicted octanol–water partition coefficient (Wildman–Crippen LogP) is 3.70. The summed E-state index contributed by atoms with van der Waals surface area (Å²) in [5, 5.41) is 3.58. The molecule has 0 aromatic rings. The van der Waals surface area contributed by atoms with E-state index in [0.29, 0.717) is 17.5 Å². The monoisotopic (exact) mass is 242 g/mol. The highest BCUT2D eigenvalue weighted by molar-refractivity contribution is 4.73. The fourth-order valence-corrected chi connectivity index (χ4v) is 2.21. The molecule has 0 heterocycles. The van der Waals surface area contributed by atoms with Gasteiger partial charge in [0, 0.05) is 12.1 Å². The number of hydrogen-bond acceptors (Lipinski definition) is 2. The molecule has 0 aromatic heterocycles. The highest BCUT2D eigenvalue weighted by Gasteiger charge is 2.15. The van der Waals surface area contributed by atoms with Crippen LogP contribution in [0.4, 0.5) is 0 Å². The molecular weight excluding hydrogens is 208 g/mol. The Morgan fingerprint density at radius 2 is 1.76 bits per heavy atom. The Morgan fingerprint density at radius 1 is 1.12 bits per heavy atom. The molecule has 3 N–H and O–H groups in total. The third-order valence-corrected chi connectivity index (χ3v) is 3.12. The largest absolute Gasteiger partial charge is 0.328 e. The molecule has 2 atom stereocenters. The summed E-state index contributed by atoms with van der Waals surface area (Å²) >= 11 is 0. The SMILES string of the molecule is CCCCCC(C)NCCC(N)CC(C)(C)C. The van der Waals surface area contributed by atoms with Gasteiger partial charge in [-0.25, -0.2) is 0 Å². The Kier molecular flexibility index (Phi) is 8.89. The minimum Gasteiger partial charge on any atom is -0.328 e. The molecule has 0 radical (unpaired) electrons. The molecule has 0 spiro atoms. The summed E-state index contributed by atoms with van der Waals surface area (Å²) in [6.45, 7) is 12.4. The van der Waals surface area contributed by atoms with E-state index in [0.717, 1.165) is 19.4 Å². The van der Waals surface area contributed by atoms with Crippen LogP contribution in [0.25, 0.3) is 0 Å². The standard InChI is InChI=1S/C15H34N2/c1-6-7-8-9-13(2)17-11-10-14(16)12-15(3,4)5/h13-14,17H,6-12,16H2,1-5H3. The van der Waals surface area contributed by atoms with Gasteiger partial charge in [-0.3, -0.25) is 0 Å². The van der Waals surface area contributed by atoms with Gasteiger partial charge in [-0.15, -0.1) is 0 Å². The molecule has 2 unspecified atom stereocenters. The summed E-state index contributed by atoms with van der Waals surface area (Å²) in [7, 11) is 0. The molecule has 0 aliphatic carbocycles. The molecule has 0 fully saturated rings. The predicted molar refractivity (Wildman–Crippen MR) is 78.3 cm³/mol. The smallest absolute Gasteiger partial charge is 0.00558 e. The molecule has 0 saturated heterocycles. The van der Waals surface area contributed by atoms with E-state index in [1.54, 1.807) is 0 Å². The van der Waals surface area contributed by atoms with Gasteiger partial charge in [-0.1, -0.05) is 47.0 Å². The van der Waals surface area contributed by atoms with Gasteiger partial charge in [-0.2, -0.15) is 0 Å². The fraction of sp³-hybridized carbons (Fsp3) is 1.00. The molecule has 0 rings (SSSR count). The van der Waals surface area contributed by atoms with Gasteiger partial charge in [0.2, 0.25) is 0 Å². The third kappa shape index (κ3) is 12.2. The van der Waals surface area contributed by atoms with Crippen molar-refractivity contribution in [3.05, 3.63) is 0 Å². The molecule has 2 heteroatoms. The summed E-state index contributed by atoms with van der Waals surface area (Å²) in [5.41, 5.74) is 6.48. The van der Waals surface area contributed by atoms with Crippen molar-refractivity contribution in [1.82, 2.24) is 5.32 Å². The minimum atomic E-state index is 0.338. The lowest BCUT2D eigenvalue weighted by Crippen LogP contribution is -2.33. The van der Waals surface area contributed by atoms with E-state index < -0.39 is 0 Å². The van der Waals surface area contributed by atoms with E-state index in [9.17, 15) is 0 Å². The normalized spacial score (nSPS) is 15.9. The van der Waals surface area contributed by atoms with Crippen molar-refractivity contribution in [2.24, 2.45) is 11.1 Å². The van der Waals surface area contributed by atoms with E-state index in [4.69, 9.17) is 5.73 Å². The molecule has 0 aliphatic rings. The first kappa shape index (κ1) is 16.9. The van der Waals surface area contributed by atoms with Gasteiger partial charge in [-0.05, 0) is 38.1 Å². The topological polar surface area (TPSA) is 38.0 Å². The second-order valence-electron chi connectivity index (χ2n) is 6.66. The zero-order valence-corrected chi connectivity index (χ0v) is 12.7.